The second kappa shape index (κ2) is 11.6. The van der Waals surface area contributed by atoms with Crippen molar-refractivity contribution in [1.82, 2.24) is 4.98 Å². The molecule has 0 saturated heterocycles. The summed E-state index contributed by atoms with van der Waals surface area (Å²) in [5.41, 5.74) is 4.06. The lowest BCUT2D eigenvalue weighted by Crippen LogP contribution is -2.10. The van der Waals surface area contributed by atoms with E-state index in [4.69, 9.17) is 4.98 Å². The number of halogens is 4. The number of benzene rings is 3. The fourth-order valence-electron chi connectivity index (χ4n) is 3.68. The Kier molecular flexibility index (Phi) is 8.55. The molecule has 1 aromatic heterocycles. The van der Waals surface area contributed by atoms with Crippen LogP contribution < -0.4 is 10.6 Å². The van der Waals surface area contributed by atoms with E-state index in [-0.39, 0.29) is 29.9 Å². The van der Waals surface area contributed by atoms with Crippen LogP contribution in [0.15, 0.2) is 72.8 Å². The fraction of sp³-hybridized carbons (Fsp3) is 0.192. The first kappa shape index (κ1) is 24.4. The lowest BCUT2D eigenvalue weighted by Gasteiger charge is -2.13. The van der Waals surface area contributed by atoms with Gasteiger partial charge in [-0.2, -0.15) is 0 Å². The minimum Gasteiger partial charge on any atom is -0.385 e. The Bertz CT molecular complexity index is 1220. The van der Waals surface area contributed by atoms with Crippen LogP contribution in [0.4, 0.5) is 24.5 Å². The number of fused-ring (bicyclic) bond motifs is 1. The number of rotatable bonds is 9. The molecule has 172 valence electrons. The lowest BCUT2D eigenvalue weighted by molar-refractivity contribution is 0.627. The second-order valence-electron chi connectivity index (χ2n) is 7.66. The summed E-state index contributed by atoms with van der Waals surface area (Å²) >= 11 is 0. The third kappa shape index (κ3) is 6.86. The molecule has 0 aliphatic rings. The average molecular weight is 472 g/mol. The molecule has 3 aromatic carbocycles. The maximum Gasteiger partial charge on any atom is 0.125 e. The van der Waals surface area contributed by atoms with E-state index in [0.29, 0.717) is 31.4 Å². The molecule has 0 aliphatic carbocycles. The van der Waals surface area contributed by atoms with Crippen LogP contribution in [0.1, 0.15) is 17.7 Å². The quantitative estimate of drug-likeness (QED) is 0.264. The number of nitrogens with one attached hydrogen (secondary N) is 2. The van der Waals surface area contributed by atoms with E-state index in [1.54, 1.807) is 18.2 Å². The molecule has 33 heavy (non-hydrogen) atoms. The molecule has 7 heteroatoms. The molecular weight excluding hydrogens is 447 g/mol. The van der Waals surface area contributed by atoms with Crippen molar-refractivity contribution in [1.29, 1.82) is 0 Å². The maximum atomic E-state index is 13.7. The van der Waals surface area contributed by atoms with Gasteiger partial charge in [0, 0.05) is 41.6 Å². The van der Waals surface area contributed by atoms with E-state index in [9.17, 15) is 13.2 Å². The average Bonchev–Trinajstić information content (AvgIpc) is 2.77. The van der Waals surface area contributed by atoms with E-state index in [1.807, 2.05) is 18.2 Å². The fourth-order valence-corrected chi connectivity index (χ4v) is 3.68. The molecule has 0 amide bonds. The SMILES string of the molecule is Cl.Fc1cccc(NCCCc2nc3cc(F)ccc3cc2CCNc2cccc(F)c2)c1. The Morgan fingerprint density at radius 1 is 0.667 bits per heavy atom. The summed E-state index contributed by atoms with van der Waals surface area (Å²) in [6, 6.07) is 19.4. The van der Waals surface area contributed by atoms with Gasteiger partial charge >= 0.3 is 0 Å². The molecule has 0 unspecified atom stereocenters. The van der Waals surface area contributed by atoms with E-state index in [0.717, 1.165) is 34.4 Å². The number of pyridine rings is 1. The van der Waals surface area contributed by atoms with Gasteiger partial charge in [0.05, 0.1) is 5.52 Å². The van der Waals surface area contributed by atoms with Gasteiger partial charge in [0.15, 0.2) is 0 Å². The minimum absolute atomic E-state index is 0. The van der Waals surface area contributed by atoms with Crippen molar-refractivity contribution < 1.29 is 13.2 Å². The summed E-state index contributed by atoms with van der Waals surface area (Å²) in [5.74, 6) is -0.874. The first-order valence-corrected chi connectivity index (χ1v) is 10.6. The summed E-state index contributed by atoms with van der Waals surface area (Å²) in [6.45, 7) is 1.28. The molecule has 0 bridgehead atoms. The molecule has 0 atom stereocenters. The Labute approximate surface area is 197 Å². The van der Waals surface area contributed by atoms with E-state index in [2.05, 4.69) is 10.6 Å². The van der Waals surface area contributed by atoms with Gasteiger partial charge in [-0.15, -0.1) is 12.4 Å². The van der Waals surface area contributed by atoms with Crippen LogP contribution in [0.2, 0.25) is 0 Å². The van der Waals surface area contributed by atoms with Gasteiger partial charge in [-0.25, -0.2) is 13.2 Å². The Morgan fingerprint density at radius 3 is 1.97 bits per heavy atom. The van der Waals surface area contributed by atoms with Crippen molar-refractivity contribution in [3.05, 3.63) is 102 Å². The van der Waals surface area contributed by atoms with E-state index in [1.165, 1.54) is 36.4 Å². The van der Waals surface area contributed by atoms with Crippen LogP contribution in [-0.4, -0.2) is 18.1 Å². The molecule has 0 saturated carbocycles. The normalized spacial score (nSPS) is 10.6. The van der Waals surface area contributed by atoms with Crippen molar-refractivity contribution in [2.75, 3.05) is 23.7 Å². The smallest absolute Gasteiger partial charge is 0.125 e. The van der Waals surface area contributed by atoms with E-state index < -0.39 is 0 Å². The predicted octanol–water partition coefficient (Wildman–Crippen LogP) is 6.77. The van der Waals surface area contributed by atoms with Gasteiger partial charge in [0.25, 0.3) is 0 Å². The molecule has 2 N–H and O–H groups in total. The lowest BCUT2D eigenvalue weighted by atomic mass is 10.0. The van der Waals surface area contributed by atoms with Gasteiger partial charge in [0.1, 0.15) is 17.5 Å². The molecule has 3 nitrogen and oxygen atoms in total. The summed E-state index contributed by atoms with van der Waals surface area (Å²) in [7, 11) is 0. The van der Waals surface area contributed by atoms with Crippen LogP contribution in [0, 0.1) is 17.5 Å². The van der Waals surface area contributed by atoms with Crippen LogP contribution in [-0.2, 0) is 12.8 Å². The van der Waals surface area contributed by atoms with Crippen molar-refractivity contribution in [2.45, 2.75) is 19.3 Å². The van der Waals surface area contributed by atoms with Crippen LogP contribution >= 0.6 is 12.4 Å². The number of aromatic nitrogens is 1. The third-order valence-electron chi connectivity index (χ3n) is 5.24. The van der Waals surface area contributed by atoms with Gasteiger partial charge in [-0.3, -0.25) is 4.98 Å². The first-order valence-electron chi connectivity index (χ1n) is 10.6. The molecule has 4 aromatic rings. The van der Waals surface area contributed by atoms with Gasteiger partial charge in [-0.1, -0.05) is 12.1 Å². The number of hydrogen-bond donors (Lipinski definition) is 2. The molecule has 0 fully saturated rings. The molecule has 4 rings (SSSR count). The first-order chi connectivity index (χ1) is 15.6. The van der Waals surface area contributed by atoms with Crippen molar-refractivity contribution in [3.63, 3.8) is 0 Å². The van der Waals surface area contributed by atoms with Crippen molar-refractivity contribution in [2.24, 2.45) is 0 Å². The Hall–Kier alpha value is -3.25. The zero-order chi connectivity index (χ0) is 22.3. The third-order valence-corrected chi connectivity index (χ3v) is 5.24. The number of hydrogen-bond acceptors (Lipinski definition) is 3. The molecule has 0 radical (unpaired) electrons. The molecular formula is C26H25ClF3N3. The highest BCUT2D eigenvalue weighted by Crippen LogP contribution is 2.20. The van der Waals surface area contributed by atoms with Crippen LogP contribution in [0.3, 0.4) is 0 Å². The highest BCUT2D eigenvalue weighted by atomic mass is 35.5. The van der Waals surface area contributed by atoms with Gasteiger partial charge in [0.2, 0.25) is 0 Å². The molecule has 0 spiro atoms. The number of nitrogens with zero attached hydrogens (tertiary/aromatic N) is 1. The summed E-state index contributed by atoms with van der Waals surface area (Å²) in [6.07, 6.45) is 2.18. The van der Waals surface area contributed by atoms with Gasteiger partial charge < -0.3 is 10.6 Å². The van der Waals surface area contributed by atoms with Crippen LogP contribution in [0.25, 0.3) is 10.9 Å². The Balaban J connectivity index is 0.00000306. The standard InChI is InChI=1S/C26H24F3N3.ClH/c27-20-4-1-6-23(15-20)30-12-3-8-25-19(11-13-31-24-7-2-5-21(28)16-24)14-18-9-10-22(29)17-26(18)32-25;/h1-2,4-7,9-10,14-17,30-31H,3,8,11-13H2;1H. The summed E-state index contributed by atoms with van der Waals surface area (Å²) in [5, 5.41) is 7.34. The van der Waals surface area contributed by atoms with Crippen molar-refractivity contribution in [3.8, 4) is 0 Å². The van der Waals surface area contributed by atoms with Crippen molar-refractivity contribution >= 4 is 34.7 Å². The highest BCUT2D eigenvalue weighted by molar-refractivity contribution is 5.85. The monoisotopic (exact) mass is 471 g/mol. The second-order valence-corrected chi connectivity index (χ2v) is 7.66. The predicted molar refractivity (Wildman–Crippen MR) is 131 cm³/mol. The molecule has 0 aliphatic heterocycles. The van der Waals surface area contributed by atoms with Gasteiger partial charge in [-0.05, 0) is 79.4 Å². The Morgan fingerprint density at radius 2 is 1.30 bits per heavy atom. The summed E-state index contributed by atoms with van der Waals surface area (Å²) < 4.78 is 40.4. The zero-order valence-corrected chi connectivity index (χ0v) is 18.8. The largest absolute Gasteiger partial charge is 0.385 e. The zero-order valence-electron chi connectivity index (χ0n) is 18.0. The molecule has 1 heterocycles. The number of anilines is 2. The number of aryl methyl sites for hydroxylation is 1. The maximum absolute atomic E-state index is 13.7. The summed E-state index contributed by atoms with van der Waals surface area (Å²) in [4.78, 5) is 4.72. The van der Waals surface area contributed by atoms with E-state index >= 15 is 0 Å². The highest BCUT2D eigenvalue weighted by Gasteiger charge is 2.09. The van der Waals surface area contributed by atoms with Crippen LogP contribution in [0.5, 0.6) is 0 Å². The topological polar surface area (TPSA) is 37.0 Å². The minimum atomic E-state index is -0.316.